The fraction of sp³-hybridized carbons (Fsp3) is 0.944. The van der Waals surface area contributed by atoms with Gasteiger partial charge in [0, 0.05) is 0 Å². The van der Waals surface area contributed by atoms with Crippen molar-refractivity contribution in [3.63, 3.8) is 0 Å². The van der Waals surface area contributed by atoms with Gasteiger partial charge >= 0.3 is 10.4 Å². The van der Waals surface area contributed by atoms with Crippen molar-refractivity contribution < 1.29 is 52.2 Å². The van der Waals surface area contributed by atoms with Crippen molar-refractivity contribution in [2.75, 3.05) is 6.61 Å². The SMILES string of the molecule is CC(C)=CCC[C@](C)(O)C1CC[C@]2(C)[C@@H]1[C@H](O)CC1[C@@]3(C)CC[C@H](OC4O[C@H](COS(=O)(=O)O)[C@@H](O)[C@H](O)[C@H]4O)C(C)(C)C3CC[C@]12C. The Balaban J connectivity index is 1.35. The fourth-order valence-corrected chi connectivity index (χ4v) is 12.3. The van der Waals surface area contributed by atoms with Crippen molar-refractivity contribution in [1.29, 1.82) is 0 Å². The van der Waals surface area contributed by atoms with Gasteiger partial charge in [-0.1, -0.05) is 46.3 Å². The molecule has 4 unspecified atom stereocenters. The Morgan fingerprint density at radius 2 is 1.56 bits per heavy atom. The molecule has 278 valence electrons. The number of hydrogen-bond donors (Lipinski definition) is 6. The van der Waals surface area contributed by atoms with Crippen molar-refractivity contribution in [1.82, 2.24) is 0 Å². The molecule has 4 aliphatic carbocycles. The monoisotopic (exact) mass is 702 g/mol. The van der Waals surface area contributed by atoms with Crippen LogP contribution < -0.4 is 0 Å². The number of fused-ring (bicyclic) bond motifs is 5. The van der Waals surface area contributed by atoms with E-state index in [2.05, 4.69) is 58.7 Å². The summed E-state index contributed by atoms with van der Waals surface area (Å²) in [5.74, 6) is 0.533. The first-order valence-electron chi connectivity index (χ1n) is 18.0. The molecular weight excluding hydrogens is 640 g/mol. The minimum Gasteiger partial charge on any atom is -0.393 e. The summed E-state index contributed by atoms with van der Waals surface area (Å²) in [6.45, 7) is 16.9. The maximum atomic E-state index is 12.0. The summed E-state index contributed by atoms with van der Waals surface area (Å²) in [4.78, 5) is 0. The topological polar surface area (TPSA) is 183 Å². The number of allylic oxidation sites excluding steroid dienone is 2. The molecule has 1 aliphatic heterocycles. The highest BCUT2D eigenvalue weighted by molar-refractivity contribution is 7.80. The predicted octanol–water partition coefficient (Wildman–Crippen LogP) is 4.15. The Kier molecular flexibility index (Phi) is 10.5. The zero-order valence-corrected chi connectivity index (χ0v) is 30.9. The van der Waals surface area contributed by atoms with E-state index < -0.39 is 64.8 Å². The van der Waals surface area contributed by atoms with Gasteiger partial charge in [0.05, 0.1) is 24.4 Å². The van der Waals surface area contributed by atoms with Crippen LogP contribution in [-0.2, 0) is 24.1 Å². The van der Waals surface area contributed by atoms with Crippen LogP contribution in [0, 0.1) is 45.3 Å². The average Bonchev–Trinajstić information content (AvgIpc) is 3.35. The second-order valence-corrected chi connectivity index (χ2v) is 18.9. The molecule has 48 heavy (non-hydrogen) atoms. The fourth-order valence-electron chi connectivity index (χ4n) is 12.0. The summed E-state index contributed by atoms with van der Waals surface area (Å²) in [7, 11) is -4.82. The molecule has 0 bridgehead atoms. The average molecular weight is 703 g/mol. The first-order valence-corrected chi connectivity index (χ1v) is 19.4. The largest absolute Gasteiger partial charge is 0.397 e. The molecule has 15 atom stereocenters. The van der Waals surface area contributed by atoms with Crippen LogP contribution in [0.4, 0.5) is 0 Å². The van der Waals surface area contributed by atoms with E-state index in [4.69, 9.17) is 14.0 Å². The Morgan fingerprint density at radius 3 is 2.19 bits per heavy atom. The molecule has 4 saturated carbocycles. The summed E-state index contributed by atoms with van der Waals surface area (Å²) >= 11 is 0. The minimum atomic E-state index is -4.82. The molecule has 5 aliphatic rings. The lowest BCUT2D eigenvalue weighted by Crippen LogP contribution is -2.67. The van der Waals surface area contributed by atoms with Gasteiger partial charge in [-0.05, 0) is 124 Å². The molecule has 0 aromatic rings. The molecule has 0 aromatic carbocycles. The third-order valence-corrected chi connectivity index (χ3v) is 15.1. The Morgan fingerprint density at radius 1 is 0.917 bits per heavy atom. The molecule has 0 aromatic heterocycles. The summed E-state index contributed by atoms with van der Waals surface area (Å²) in [6, 6.07) is 0. The molecule has 11 nitrogen and oxygen atoms in total. The summed E-state index contributed by atoms with van der Waals surface area (Å²) in [6.07, 6.45) is 1.17. The highest BCUT2D eigenvalue weighted by Gasteiger charge is 2.71. The standard InChI is InChI=1S/C36H62O11S/c1-20(2)10-9-14-36(8,41)21-11-16-35(7)27(21)22(37)18-25-33(5)15-13-26(32(3,4)24(33)12-17-34(25,35)6)47-31-30(40)29(39)28(38)23(46-31)19-45-48(42,43)44/h10,21-31,37-41H,9,11-19H2,1-8H3,(H,42,43,44)/t21?,22-,23-,24?,25?,26+,27+,28-,29+,30-,31?,33+,34-,35-,36+/m1/s1. The normalized spacial score (nSPS) is 48.5. The van der Waals surface area contributed by atoms with Gasteiger partial charge in [-0.25, -0.2) is 4.18 Å². The van der Waals surface area contributed by atoms with Crippen LogP contribution >= 0.6 is 0 Å². The Bertz CT molecular complexity index is 1310. The van der Waals surface area contributed by atoms with E-state index in [1.807, 2.05) is 6.92 Å². The van der Waals surface area contributed by atoms with Gasteiger partial charge in [0.15, 0.2) is 6.29 Å². The number of aliphatic hydroxyl groups is 5. The van der Waals surface area contributed by atoms with Gasteiger partial charge in [0.1, 0.15) is 24.4 Å². The zero-order chi connectivity index (χ0) is 35.8. The van der Waals surface area contributed by atoms with Crippen LogP contribution in [-0.4, -0.2) is 93.6 Å². The lowest BCUT2D eigenvalue weighted by Gasteiger charge is -2.70. The highest BCUT2D eigenvalue weighted by Crippen LogP contribution is 2.76. The van der Waals surface area contributed by atoms with Crippen LogP contribution in [0.5, 0.6) is 0 Å². The number of ether oxygens (including phenoxy) is 2. The third-order valence-electron chi connectivity index (χ3n) is 14.7. The second-order valence-electron chi connectivity index (χ2n) is 17.8. The predicted molar refractivity (Wildman–Crippen MR) is 179 cm³/mol. The van der Waals surface area contributed by atoms with Gasteiger partial charge in [0.2, 0.25) is 0 Å². The van der Waals surface area contributed by atoms with Gasteiger partial charge in [-0.15, -0.1) is 0 Å². The van der Waals surface area contributed by atoms with E-state index >= 15 is 0 Å². The number of aliphatic hydroxyl groups excluding tert-OH is 4. The van der Waals surface area contributed by atoms with Crippen molar-refractivity contribution in [2.45, 2.75) is 162 Å². The van der Waals surface area contributed by atoms with Crippen LogP contribution in [0.2, 0.25) is 0 Å². The Labute approximate surface area is 287 Å². The number of hydrogen-bond acceptors (Lipinski definition) is 10. The van der Waals surface area contributed by atoms with E-state index in [1.165, 1.54) is 5.57 Å². The highest BCUT2D eigenvalue weighted by atomic mass is 32.3. The summed E-state index contributed by atoms with van der Waals surface area (Å²) in [5.41, 5.74) is -0.264. The quantitative estimate of drug-likeness (QED) is 0.115. The molecule has 0 amide bonds. The molecule has 6 N–H and O–H groups in total. The van der Waals surface area contributed by atoms with Crippen molar-refractivity contribution in [2.24, 2.45) is 45.3 Å². The van der Waals surface area contributed by atoms with E-state index in [-0.39, 0.29) is 46.0 Å². The van der Waals surface area contributed by atoms with E-state index in [1.54, 1.807) is 0 Å². The van der Waals surface area contributed by atoms with E-state index in [0.29, 0.717) is 19.3 Å². The lowest BCUT2D eigenvalue weighted by atomic mass is 9.35. The van der Waals surface area contributed by atoms with Crippen molar-refractivity contribution in [3.8, 4) is 0 Å². The zero-order valence-electron chi connectivity index (χ0n) is 30.1. The third kappa shape index (κ3) is 6.47. The molecule has 5 fully saturated rings. The van der Waals surface area contributed by atoms with Crippen LogP contribution in [0.15, 0.2) is 11.6 Å². The smallest absolute Gasteiger partial charge is 0.393 e. The maximum Gasteiger partial charge on any atom is 0.397 e. The van der Waals surface area contributed by atoms with Crippen LogP contribution in [0.25, 0.3) is 0 Å². The molecule has 0 radical (unpaired) electrons. The van der Waals surface area contributed by atoms with Crippen LogP contribution in [0.1, 0.15) is 113 Å². The number of rotatable bonds is 9. The van der Waals surface area contributed by atoms with Crippen LogP contribution in [0.3, 0.4) is 0 Å². The van der Waals surface area contributed by atoms with Gasteiger partial charge in [-0.2, -0.15) is 8.42 Å². The lowest BCUT2D eigenvalue weighted by molar-refractivity contribution is -0.331. The Hall–Kier alpha value is -0.670. The first kappa shape index (κ1) is 38.6. The van der Waals surface area contributed by atoms with Gasteiger partial charge < -0.3 is 35.0 Å². The molecule has 1 saturated heterocycles. The van der Waals surface area contributed by atoms with Crippen molar-refractivity contribution in [3.05, 3.63) is 11.6 Å². The van der Waals surface area contributed by atoms with E-state index in [0.717, 1.165) is 38.5 Å². The molecule has 5 rings (SSSR count). The molecular formula is C36H62O11S. The first-order chi connectivity index (χ1) is 22.0. The second kappa shape index (κ2) is 13.1. The van der Waals surface area contributed by atoms with Gasteiger partial charge in [0.25, 0.3) is 0 Å². The molecule has 1 heterocycles. The minimum absolute atomic E-state index is 0.0257. The van der Waals surface area contributed by atoms with Gasteiger partial charge in [-0.3, -0.25) is 4.55 Å². The summed E-state index contributed by atoms with van der Waals surface area (Å²) < 4.78 is 47.8. The van der Waals surface area contributed by atoms with E-state index in [9.17, 15) is 34.0 Å². The van der Waals surface area contributed by atoms with Crippen molar-refractivity contribution >= 4 is 10.4 Å². The maximum absolute atomic E-state index is 12.0. The molecule has 12 heteroatoms. The summed E-state index contributed by atoms with van der Waals surface area (Å²) in [5, 5.41) is 55.6. The molecule has 0 spiro atoms.